The number of aliphatic hydroxyl groups is 1. The smallest absolute Gasteiger partial charge is 0.261 e. The maximum atomic E-state index is 13.0. The third kappa shape index (κ3) is 4.50. The van der Waals surface area contributed by atoms with Crippen molar-refractivity contribution in [3.8, 4) is 5.75 Å². The van der Waals surface area contributed by atoms with Gasteiger partial charge >= 0.3 is 0 Å². The van der Waals surface area contributed by atoms with Gasteiger partial charge < -0.3 is 9.84 Å². The van der Waals surface area contributed by atoms with Crippen molar-refractivity contribution < 1.29 is 28.3 Å². The van der Waals surface area contributed by atoms with Crippen molar-refractivity contribution in [2.75, 3.05) is 6.54 Å². The van der Waals surface area contributed by atoms with Crippen molar-refractivity contribution in [2.45, 2.75) is 36.5 Å². The number of hydrogen-bond acceptors (Lipinski definition) is 6. The number of rotatable bonds is 6. The van der Waals surface area contributed by atoms with Crippen molar-refractivity contribution in [1.82, 2.24) is 9.79 Å². The van der Waals surface area contributed by atoms with E-state index >= 15 is 0 Å². The molecule has 3 N–H and O–H groups in total. The number of β-amino-alcohol motifs (C(OH)–C–C–N with tert-alkyl or cyclic N) is 1. The largest absolute Gasteiger partial charge is 0.489 e. The quantitative estimate of drug-likeness (QED) is 0.492. The first kappa shape index (κ1) is 20.3. The van der Waals surface area contributed by atoms with Crippen molar-refractivity contribution >= 4 is 15.9 Å². The third-order valence-corrected chi connectivity index (χ3v) is 6.49. The zero-order valence-electron chi connectivity index (χ0n) is 15.1. The molecule has 2 aromatic carbocycles. The SMILES string of the molecule is O=C(NO)[C@H]1CC[C@@H](O)CN1S(=O)(=O)c1ccc(OCc2ccccc2)cc1. The minimum atomic E-state index is -4.04. The van der Waals surface area contributed by atoms with Crippen LogP contribution in [0.15, 0.2) is 59.5 Å². The molecule has 1 saturated heterocycles. The Morgan fingerprint density at radius 3 is 2.43 bits per heavy atom. The van der Waals surface area contributed by atoms with Crippen molar-refractivity contribution in [3.05, 3.63) is 60.2 Å². The number of amides is 1. The van der Waals surface area contributed by atoms with E-state index in [1.165, 1.54) is 29.7 Å². The summed E-state index contributed by atoms with van der Waals surface area (Å²) in [7, 11) is -4.04. The van der Waals surface area contributed by atoms with Crippen LogP contribution in [-0.4, -0.2) is 47.6 Å². The van der Waals surface area contributed by atoms with Crippen LogP contribution in [0.25, 0.3) is 0 Å². The maximum absolute atomic E-state index is 13.0. The summed E-state index contributed by atoms with van der Waals surface area (Å²) in [6.45, 7) is 0.136. The van der Waals surface area contributed by atoms with Crippen molar-refractivity contribution in [3.63, 3.8) is 0 Å². The van der Waals surface area contributed by atoms with Gasteiger partial charge in [-0.2, -0.15) is 4.31 Å². The lowest BCUT2D eigenvalue weighted by Crippen LogP contribution is -2.54. The van der Waals surface area contributed by atoms with Crippen LogP contribution < -0.4 is 10.2 Å². The first-order chi connectivity index (χ1) is 13.4. The fourth-order valence-corrected chi connectivity index (χ4v) is 4.76. The van der Waals surface area contributed by atoms with E-state index in [9.17, 15) is 18.3 Å². The summed E-state index contributed by atoms with van der Waals surface area (Å²) in [5.74, 6) is -0.315. The maximum Gasteiger partial charge on any atom is 0.261 e. The number of sulfonamides is 1. The first-order valence-electron chi connectivity index (χ1n) is 8.82. The molecule has 2 atom stereocenters. The Balaban J connectivity index is 1.76. The average Bonchev–Trinajstić information content (AvgIpc) is 2.72. The van der Waals surface area contributed by atoms with Crippen LogP contribution in [0, 0.1) is 0 Å². The molecule has 1 fully saturated rings. The Labute approximate surface area is 163 Å². The minimum absolute atomic E-state index is 0.0237. The Bertz CT molecular complexity index is 902. The predicted octanol–water partition coefficient (Wildman–Crippen LogP) is 1.28. The number of nitrogens with one attached hydrogen (secondary N) is 1. The second-order valence-corrected chi connectivity index (χ2v) is 8.43. The monoisotopic (exact) mass is 406 g/mol. The average molecular weight is 406 g/mol. The van der Waals surface area contributed by atoms with Crippen LogP contribution in [0.3, 0.4) is 0 Å². The molecule has 0 radical (unpaired) electrons. The summed E-state index contributed by atoms with van der Waals surface area (Å²) in [5.41, 5.74) is 2.48. The minimum Gasteiger partial charge on any atom is -0.489 e. The molecule has 0 aliphatic carbocycles. The molecular formula is C19H22N2O6S. The van der Waals surface area contributed by atoms with Crippen LogP contribution in [0.5, 0.6) is 5.75 Å². The highest BCUT2D eigenvalue weighted by molar-refractivity contribution is 7.89. The highest BCUT2D eigenvalue weighted by atomic mass is 32.2. The molecule has 1 heterocycles. The molecule has 1 aliphatic rings. The zero-order chi connectivity index (χ0) is 20.1. The van der Waals surface area contributed by atoms with E-state index in [1.54, 1.807) is 0 Å². The summed E-state index contributed by atoms with van der Waals surface area (Å²) in [6, 6.07) is 14.3. The number of carbonyl (C=O) groups excluding carboxylic acids is 1. The predicted molar refractivity (Wildman–Crippen MR) is 100 cm³/mol. The molecule has 150 valence electrons. The molecule has 9 heteroatoms. The van der Waals surface area contributed by atoms with Gasteiger partial charge in [-0.1, -0.05) is 30.3 Å². The number of hydrogen-bond donors (Lipinski definition) is 3. The van der Waals surface area contributed by atoms with Crippen LogP contribution in [0.4, 0.5) is 0 Å². The van der Waals surface area contributed by atoms with Gasteiger partial charge in [0.15, 0.2) is 0 Å². The van der Waals surface area contributed by atoms with Gasteiger partial charge in [0, 0.05) is 6.54 Å². The molecule has 8 nitrogen and oxygen atoms in total. The molecule has 0 bridgehead atoms. The van der Waals surface area contributed by atoms with E-state index in [1.807, 2.05) is 30.3 Å². The number of ether oxygens (including phenoxy) is 1. The molecule has 2 aromatic rings. The summed E-state index contributed by atoms with van der Waals surface area (Å²) in [5, 5.41) is 18.8. The molecule has 1 aliphatic heterocycles. The van der Waals surface area contributed by atoms with Gasteiger partial charge in [0.2, 0.25) is 10.0 Å². The molecule has 0 spiro atoms. The normalized spacial score (nSPS) is 20.5. The number of nitrogens with zero attached hydrogens (tertiary/aromatic N) is 1. The lowest BCUT2D eigenvalue weighted by Gasteiger charge is -2.35. The van der Waals surface area contributed by atoms with Gasteiger partial charge in [-0.25, -0.2) is 13.9 Å². The fourth-order valence-electron chi connectivity index (χ4n) is 3.11. The third-order valence-electron chi connectivity index (χ3n) is 4.60. The van der Waals surface area contributed by atoms with Gasteiger partial charge in [0.1, 0.15) is 18.4 Å². The molecule has 28 heavy (non-hydrogen) atoms. The summed E-state index contributed by atoms with van der Waals surface area (Å²) >= 11 is 0. The van der Waals surface area contributed by atoms with Crippen LogP contribution in [0.2, 0.25) is 0 Å². The Morgan fingerprint density at radius 2 is 1.79 bits per heavy atom. The number of benzene rings is 2. The Morgan fingerprint density at radius 1 is 1.11 bits per heavy atom. The molecule has 0 saturated carbocycles. The lowest BCUT2D eigenvalue weighted by molar-refractivity contribution is -0.135. The summed E-state index contributed by atoms with van der Waals surface area (Å²) in [6.07, 6.45) is -0.479. The highest BCUT2D eigenvalue weighted by Gasteiger charge is 2.40. The van der Waals surface area contributed by atoms with E-state index < -0.39 is 28.1 Å². The lowest BCUT2D eigenvalue weighted by atomic mass is 10.0. The standard InChI is InChI=1S/C19H22N2O6S/c22-15-6-11-18(19(23)20-24)21(12-15)28(25,26)17-9-7-16(8-10-17)27-13-14-4-2-1-3-5-14/h1-5,7-10,15,18,22,24H,6,11-13H2,(H,20,23)/t15-,18-/m1/s1. The van der Waals surface area contributed by atoms with Gasteiger partial charge in [0.05, 0.1) is 11.0 Å². The fraction of sp³-hybridized carbons (Fsp3) is 0.316. The van der Waals surface area contributed by atoms with E-state index in [4.69, 9.17) is 9.94 Å². The highest BCUT2D eigenvalue weighted by Crippen LogP contribution is 2.27. The Kier molecular flexibility index (Phi) is 6.30. The van der Waals surface area contributed by atoms with E-state index in [2.05, 4.69) is 0 Å². The van der Waals surface area contributed by atoms with Crippen LogP contribution in [-0.2, 0) is 21.4 Å². The summed E-state index contributed by atoms with van der Waals surface area (Å²) in [4.78, 5) is 11.8. The number of hydroxylamine groups is 1. The Hall–Kier alpha value is -2.46. The van der Waals surface area contributed by atoms with Crippen molar-refractivity contribution in [1.29, 1.82) is 0 Å². The van der Waals surface area contributed by atoms with E-state index in [-0.39, 0.29) is 24.3 Å². The van der Waals surface area contributed by atoms with Gasteiger partial charge in [-0.15, -0.1) is 0 Å². The molecule has 1 amide bonds. The molecule has 3 rings (SSSR count). The summed E-state index contributed by atoms with van der Waals surface area (Å²) < 4.78 is 32.5. The number of carbonyl (C=O) groups is 1. The number of aliphatic hydroxyl groups excluding tert-OH is 1. The molecular weight excluding hydrogens is 384 g/mol. The van der Waals surface area contributed by atoms with Gasteiger partial charge in [0.25, 0.3) is 5.91 Å². The van der Waals surface area contributed by atoms with Crippen LogP contribution in [0.1, 0.15) is 18.4 Å². The van der Waals surface area contributed by atoms with Crippen LogP contribution >= 0.6 is 0 Å². The number of piperidine rings is 1. The van der Waals surface area contributed by atoms with Gasteiger partial charge in [-0.05, 0) is 42.7 Å². The van der Waals surface area contributed by atoms with E-state index in [0.29, 0.717) is 12.4 Å². The second-order valence-electron chi connectivity index (χ2n) is 6.54. The zero-order valence-corrected chi connectivity index (χ0v) is 15.9. The second kappa shape index (κ2) is 8.70. The molecule has 0 aromatic heterocycles. The molecule has 0 unspecified atom stereocenters. The van der Waals surface area contributed by atoms with Crippen molar-refractivity contribution in [2.24, 2.45) is 0 Å². The van der Waals surface area contributed by atoms with E-state index in [0.717, 1.165) is 9.87 Å². The van der Waals surface area contributed by atoms with Gasteiger partial charge in [-0.3, -0.25) is 10.0 Å². The topological polar surface area (TPSA) is 116 Å². The first-order valence-corrected chi connectivity index (χ1v) is 10.3.